The predicted molar refractivity (Wildman–Crippen MR) is 60.9 cm³/mol. The lowest BCUT2D eigenvalue weighted by atomic mass is 10.2. The number of pyridine rings is 1. The lowest BCUT2D eigenvalue weighted by Gasteiger charge is -2.05. The fraction of sp³-hybridized carbons (Fsp3) is 0.364. The molecule has 1 heterocycles. The van der Waals surface area contributed by atoms with Gasteiger partial charge in [0.25, 0.3) is 0 Å². The Morgan fingerprint density at radius 3 is 2.88 bits per heavy atom. The summed E-state index contributed by atoms with van der Waals surface area (Å²) < 4.78 is 4.50. The summed E-state index contributed by atoms with van der Waals surface area (Å²) in [4.78, 5) is 25.3. The highest BCUT2D eigenvalue weighted by molar-refractivity contribution is 5.88. The zero-order valence-electron chi connectivity index (χ0n) is 9.47. The van der Waals surface area contributed by atoms with E-state index >= 15 is 0 Å². The predicted octanol–water partition coefficient (Wildman–Crippen LogP) is 1.14. The van der Waals surface area contributed by atoms with Gasteiger partial charge in [0.1, 0.15) is 0 Å². The van der Waals surface area contributed by atoms with Crippen molar-refractivity contribution in [3.8, 4) is 0 Å². The molecule has 1 aromatic rings. The van der Waals surface area contributed by atoms with Crippen LogP contribution in [0.5, 0.6) is 0 Å². The summed E-state index contributed by atoms with van der Waals surface area (Å²) in [6, 6.07) is 1.49. The zero-order valence-corrected chi connectivity index (χ0v) is 9.47. The molecular weight excluding hydrogens is 224 g/mol. The van der Waals surface area contributed by atoms with E-state index in [2.05, 4.69) is 15.0 Å². The molecular formula is C11H14N2O4. The van der Waals surface area contributed by atoms with Crippen LogP contribution in [0.3, 0.4) is 0 Å². The van der Waals surface area contributed by atoms with E-state index in [4.69, 9.17) is 5.11 Å². The molecule has 0 amide bonds. The molecule has 2 N–H and O–H groups in total. The fourth-order valence-electron chi connectivity index (χ4n) is 1.22. The topological polar surface area (TPSA) is 88.5 Å². The van der Waals surface area contributed by atoms with Crippen molar-refractivity contribution in [3.63, 3.8) is 0 Å². The van der Waals surface area contributed by atoms with Crippen LogP contribution in [0.4, 0.5) is 5.69 Å². The number of hydrogen-bond acceptors (Lipinski definition) is 5. The van der Waals surface area contributed by atoms with Crippen molar-refractivity contribution >= 4 is 17.6 Å². The molecule has 0 saturated heterocycles. The van der Waals surface area contributed by atoms with Crippen LogP contribution in [0.1, 0.15) is 23.2 Å². The molecule has 0 aliphatic carbocycles. The van der Waals surface area contributed by atoms with Gasteiger partial charge in [0.15, 0.2) is 0 Å². The standard InChI is InChI=1S/C11H14N2O4/c1-17-10(14)3-2-4-13-9-5-8(11(15)16)6-12-7-9/h5-7,13H,2-4H2,1H3,(H,15,16). The highest BCUT2D eigenvalue weighted by atomic mass is 16.5. The summed E-state index contributed by atoms with van der Waals surface area (Å²) >= 11 is 0. The summed E-state index contributed by atoms with van der Waals surface area (Å²) in [6.45, 7) is 0.555. The summed E-state index contributed by atoms with van der Waals surface area (Å²) in [5.41, 5.74) is 0.748. The Kier molecular flexibility index (Phi) is 4.93. The van der Waals surface area contributed by atoms with Crippen molar-refractivity contribution < 1.29 is 19.4 Å². The molecule has 0 aliphatic heterocycles. The van der Waals surface area contributed by atoms with Crippen LogP contribution in [0.15, 0.2) is 18.5 Å². The van der Waals surface area contributed by atoms with Crippen LogP contribution >= 0.6 is 0 Å². The van der Waals surface area contributed by atoms with Gasteiger partial charge in [-0.2, -0.15) is 0 Å². The number of ether oxygens (including phenoxy) is 1. The van der Waals surface area contributed by atoms with Crippen molar-refractivity contribution in [1.29, 1.82) is 0 Å². The van der Waals surface area contributed by atoms with E-state index in [1.54, 1.807) is 0 Å². The number of carboxylic acid groups (broad SMARTS) is 1. The van der Waals surface area contributed by atoms with E-state index in [1.807, 2.05) is 0 Å². The van der Waals surface area contributed by atoms with Gasteiger partial charge < -0.3 is 15.2 Å². The zero-order chi connectivity index (χ0) is 12.7. The minimum absolute atomic E-state index is 0.128. The molecule has 17 heavy (non-hydrogen) atoms. The van der Waals surface area contributed by atoms with Crippen molar-refractivity contribution in [2.24, 2.45) is 0 Å². The second kappa shape index (κ2) is 6.47. The maximum atomic E-state index is 10.8. The number of esters is 1. The maximum absolute atomic E-state index is 10.8. The molecule has 0 aromatic carbocycles. The third kappa shape index (κ3) is 4.50. The minimum Gasteiger partial charge on any atom is -0.478 e. The first-order chi connectivity index (χ1) is 8.13. The molecule has 6 nitrogen and oxygen atoms in total. The molecule has 0 atom stereocenters. The normalized spacial score (nSPS) is 9.71. The Morgan fingerprint density at radius 1 is 1.47 bits per heavy atom. The molecule has 0 radical (unpaired) electrons. The monoisotopic (exact) mass is 238 g/mol. The number of aromatic carboxylic acids is 1. The van der Waals surface area contributed by atoms with Crippen LogP contribution in [0.2, 0.25) is 0 Å². The number of nitrogens with zero attached hydrogens (tertiary/aromatic N) is 1. The van der Waals surface area contributed by atoms with Crippen molar-refractivity contribution in [1.82, 2.24) is 4.98 Å². The third-order valence-electron chi connectivity index (χ3n) is 2.10. The molecule has 1 rings (SSSR count). The van der Waals surface area contributed by atoms with Crippen LogP contribution in [-0.4, -0.2) is 35.7 Å². The molecule has 0 unspecified atom stereocenters. The molecule has 0 saturated carbocycles. The van der Waals surface area contributed by atoms with E-state index in [0.29, 0.717) is 25.1 Å². The Hall–Kier alpha value is -2.11. The van der Waals surface area contributed by atoms with Crippen LogP contribution in [0.25, 0.3) is 0 Å². The van der Waals surface area contributed by atoms with Gasteiger partial charge in [0.05, 0.1) is 18.4 Å². The number of carboxylic acids is 1. The average Bonchev–Trinajstić information content (AvgIpc) is 2.34. The van der Waals surface area contributed by atoms with Gasteiger partial charge >= 0.3 is 11.9 Å². The number of nitrogens with one attached hydrogen (secondary N) is 1. The quantitative estimate of drug-likeness (QED) is 0.570. The average molecular weight is 238 g/mol. The van der Waals surface area contributed by atoms with E-state index in [0.717, 1.165) is 0 Å². The van der Waals surface area contributed by atoms with Gasteiger partial charge in [-0.05, 0) is 12.5 Å². The Labute approximate surface area is 98.6 Å². The highest BCUT2D eigenvalue weighted by Gasteiger charge is 2.04. The maximum Gasteiger partial charge on any atom is 0.337 e. The number of rotatable bonds is 6. The Bertz CT molecular complexity index is 406. The van der Waals surface area contributed by atoms with Crippen LogP contribution in [0, 0.1) is 0 Å². The van der Waals surface area contributed by atoms with Gasteiger partial charge in [-0.25, -0.2) is 4.79 Å². The highest BCUT2D eigenvalue weighted by Crippen LogP contribution is 2.08. The molecule has 92 valence electrons. The van der Waals surface area contributed by atoms with Gasteiger partial charge in [-0.15, -0.1) is 0 Å². The molecule has 0 aliphatic rings. The number of hydrogen-bond donors (Lipinski definition) is 2. The summed E-state index contributed by atoms with van der Waals surface area (Å²) in [5, 5.41) is 11.7. The largest absolute Gasteiger partial charge is 0.478 e. The van der Waals surface area contributed by atoms with Gasteiger partial charge in [0.2, 0.25) is 0 Å². The molecule has 0 bridgehead atoms. The van der Waals surface area contributed by atoms with E-state index in [1.165, 1.54) is 25.6 Å². The number of methoxy groups -OCH3 is 1. The number of anilines is 1. The van der Waals surface area contributed by atoms with Crippen LogP contribution in [-0.2, 0) is 9.53 Å². The number of carbonyl (C=O) groups is 2. The lowest BCUT2D eigenvalue weighted by molar-refractivity contribution is -0.140. The van der Waals surface area contributed by atoms with Gasteiger partial charge in [-0.3, -0.25) is 9.78 Å². The molecule has 1 aromatic heterocycles. The first-order valence-corrected chi connectivity index (χ1v) is 5.12. The van der Waals surface area contributed by atoms with Gasteiger partial charge in [0, 0.05) is 25.4 Å². The van der Waals surface area contributed by atoms with Crippen molar-refractivity contribution in [2.45, 2.75) is 12.8 Å². The second-order valence-electron chi connectivity index (χ2n) is 3.37. The van der Waals surface area contributed by atoms with Crippen molar-refractivity contribution in [3.05, 3.63) is 24.0 Å². The first kappa shape index (κ1) is 13.0. The van der Waals surface area contributed by atoms with E-state index < -0.39 is 5.97 Å². The molecule has 6 heteroatoms. The van der Waals surface area contributed by atoms with E-state index in [9.17, 15) is 9.59 Å². The Morgan fingerprint density at radius 2 is 2.24 bits per heavy atom. The smallest absolute Gasteiger partial charge is 0.337 e. The summed E-state index contributed by atoms with van der Waals surface area (Å²) in [5.74, 6) is -1.28. The second-order valence-corrected chi connectivity index (χ2v) is 3.37. The van der Waals surface area contributed by atoms with E-state index in [-0.39, 0.29) is 11.5 Å². The first-order valence-electron chi connectivity index (χ1n) is 5.12. The number of carbonyl (C=O) groups excluding carboxylic acids is 1. The molecule has 0 fully saturated rings. The third-order valence-corrected chi connectivity index (χ3v) is 2.10. The van der Waals surface area contributed by atoms with Crippen LogP contribution < -0.4 is 5.32 Å². The number of aromatic nitrogens is 1. The Balaban J connectivity index is 2.39. The minimum atomic E-state index is -1.02. The molecule has 0 spiro atoms. The lowest BCUT2D eigenvalue weighted by Crippen LogP contribution is -2.07. The fourth-order valence-corrected chi connectivity index (χ4v) is 1.22. The summed E-state index contributed by atoms with van der Waals surface area (Å²) in [7, 11) is 1.34. The van der Waals surface area contributed by atoms with Crippen molar-refractivity contribution in [2.75, 3.05) is 19.0 Å². The summed E-state index contributed by atoms with van der Waals surface area (Å²) in [6.07, 6.45) is 3.76. The van der Waals surface area contributed by atoms with Gasteiger partial charge in [-0.1, -0.05) is 0 Å². The SMILES string of the molecule is COC(=O)CCCNc1cncc(C(=O)O)c1.